The minimum atomic E-state index is -0.430. The van der Waals surface area contributed by atoms with E-state index in [0.29, 0.717) is 0 Å². The number of aromatic nitrogens is 2. The third-order valence-corrected chi connectivity index (χ3v) is 3.36. The van der Waals surface area contributed by atoms with Gasteiger partial charge in [-0.15, -0.1) is 0 Å². The summed E-state index contributed by atoms with van der Waals surface area (Å²) in [6.45, 7) is 6.48. The fourth-order valence-electron chi connectivity index (χ4n) is 1.91. The highest BCUT2D eigenvalue weighted by Crippen LogP contribution is 2.31. The van der Waals surface area contributed by atoms with Crippen molar-refractivity contribution in [1.82, 2.24) is 9.97 Å². The van der Waals surface area contributed by atoms with Gasteiger partial charge in [-0.25, -0.2) is 9.97 Å². The molecule has 0 N–H and O–H groups in total. The van der Waals surface area contributed by atoms with Crippen molar-refractivity contribution < 1.29 is 4.39 Å². The lowest BCUT2D eigenvalue weighted by Crippen LogP contribution is -2.22. The van der Waals surface area contributed by atoms with Crippen molar-refractivity contribution >= 4 is 0 Å². The number of unbranched alkanes of at least 4 members (excludes halogenated alkanes) is 2. The van der Waals surface area contributed by atoms with Gasteiger partial charge in [0.25, 0.3) is 0 Å². The summed E-state index contributed by atoms with van der Waals surface area (Å²) in [6, 6.07) is 1.47. The van der Waals surface area contributed by atoms with Crippen LogP contribution in [0.15, 0.2) is 12.4 Å². The summed E-state index contributed by atoms with van der Waals surface area (Å²) >= 11 is 0. The zero-order valence-corrected chi connectivity index (χ0v) is 10.5. The summed E-state index contributed by atoms with van der Waals surface area (Å²) in [5.41, 5.74) is 0.817. The second-order valence-electron chi connectivity index (χ2n) is 4.60. The van der Waals surface area contributed by atoms with E-state index in [1.807, 2.05) is 0 Å². The van der Waals surface area contributed by atoms with Gasteiger partial charge in [-0.1, -0.05) is 40.0 Å². The first-order chi connectivity index (χ1) is 7.62. The Kier molecular flexibility index (Phi) is 4.84. The van der Waals surface area contributed by atoms with Crippen LogP contribution in [0.25, 0.3) is 0 Å². The molecule has 1 atom stereocenters. The summed E-state index contributed by atoms with van der Waals surface area (Å²) in [7, 11) is 0. The summed E-state index contributed by atoms with van der Waals surface area (Å²) < 4.78 is 13.1. The Morgan fingerprint density at radius 1 is 1.25 bits per heavy atom. The smallest absolute Gasteiger partial charge is 0.216 e. The van der Waals surface area contributed by atoms with E-state index in [1.54, 1.807) is 0 Å². The lowest BCUT2D eigenvalue weighted by molar-refractivity contribution is 0.383. The molecule has 0 bridgehead atoms. The maximum Gasteiger partial charge on any atom is 0.216 e. The van der Waals surface area contributed by atoms with Crippen LogP contribution in [0, 0.1) is 5.95 Å². The zero-order valence-electron chi connectivity index (χ0n) is 10.5. The summed E-state index contributed by atoms with van der Waals surface area (Å²) in [5, 5.41) is 0. The average Bonchev–Trinajstić information content (AvgIpc) is 2.29. The van der Waals surface area contributed by atoms with Crippen molar-refractivity contribution in [2.45, 2.75) is 58.3 Å². The molecule has 1 heterocycles. The van der Waals surface area contributed by atoms with E-state index in [9.17, 15) is 4.39 Å². The molecule has 0 fully saturated rings. The predicted octanol–water partition coefficient (Wildman–Crippen LogP) is 3.86. The quantitative estimate of drug-likeness (QED) is 0.541. The maximum absolute atomic E-state index is 13.1. The molecule has 0 aromatic carbocycles. The van der Waals surface area contributed by atoms with Crippen molar-refractivity contribution in [3.8, 4) is 0 Å². The fourth-order valence-corrected chi connectivity index (χ4v) is 1.91. The standard InChI is InChI=1S/C13H21FN2/c1-4-6-7-8-13(3,5-2)11-9-12(14)16-10-15-11/h9-10H,4-8H2,1-3H3. The van der Waals surface area contributed by atoms with Crippen LogP contribution in [-0.4, -0.2) is 9.97 Å². The highest BCUT2D eigenvalue weighted by molar-refractivity contribution is 5.13. The van der Waals surface area contributed by atoms with E-state index in [-0.39, 0.29) is 5.41 Å². The maximum atomic E-state index is 13.1. The van der Waals surface area contributed by atoms with Crippen LogP contribution in [0.3, 0.4) is 0 Å². The number of nitrogens with zero attached hydrogens (tertiary/aromatic N) is 2. The van der Waals surface area contributed by atoms with E-state index >= 15 is 0 Å². The molecule has 16 heavy (non-hydrogen) atoms. The second kappa shape index (κ2) is 5.92. The average molecular weight is 224 g/mol. The van der Waals surface area contributed by atoms with Crippen LogP contribution in [0.4, 0.5) is 4.39 Å². The molecular weight excluding hydrogens is 203 g/mol. The van der Waals surface area contributed by atoms with Gasteiger partial charge in [0.15, 0.2) is 0 Å². The van der Waals surface area contributed by atoms with Crippen LogP contribution >= 0.6 is 0 Å². The van der Waals surface area contributed by atoms with Gasteiger partial charge in [0, 0.05) is 11.5 Å². The predicted molar refractivity (Wildman–Crippen MR) is 63.8 cm³/mol. The Balaban J connectivity index is 2.78. The molecule has 0 aliphatic carbocycles. The molecular formula is C13H21FN2. The molecule has 2 nitrogen and oxygen atoms in total. The van der Waals surface area contributed by atoms with Crippen molar-refractivity contribution in [2.75, 3.05) is 0 Å². The zero-order chi connectivity index (χ0) is 12.0. The van der Waals surface area contributed by atoms with Gasteiger partial charge in [0.05, 0.1) is 5.69 Å². The van der Waals surface area contributed by atoms with Gasteiger partial charge in [-0.3, -0.25) is 0 Å². The van der Waals surface area contributed by atoms with Crippen molar-refractivity contribution in [1.29, 1.82) is 0 Å². The monoisotopic (exact) mass is 224 g/mol. The lowest BCUT2D eigenvalue weighted by atomic mass is 9.79. The van der Waals surface area contributed by atoms with Crippen LogP contribution in [0.5, 0.6) is 0 Å². The fraction of sp³-hybridized carbons (Fsp3) is 0.692. The highest BCUT2D eigenvalue weighted by Gasteiger charge is 2.25. The Hall–Kier alpha value is -0.990. The second-order valence-corrected chi connectivity index (χ2v) is 4.60. The number of hydrogen-bond donors (Lipinski definition) is 0. The number of hydrogen-bond acceptors (Lipinski definition) is 2. The Morgan fingerprint density at radius 2 is 2.00 bits per heavy atom. The molecule has 0 radical (unpaired) electrons. The van der Waals surface area contributed by atoms with Crippen LogP contribution < -0.4 is 0 Å². The molecule has 0 saturated heterocycles. The van der Waals surface area contributed by atoms with E-state index in [0.717, 1.165) is 18.5 Å². The highest BCUT2D eigenvalue weighted by atomic mass is 19.1. The molecule has 0 amide bonds. The van der Waals surface area contributed by atoms with Crippen LogP contribution in [0.2, 0.25) is 0 Å². The summed E-state index contributed by atoms with van der Waals surface area (Å²) in [6.07, 6.45) is 6.97. The van der Waals surface area contributed by atoms with Crippen LogP contribution in [-0.2, 0) is 5.41 Å². The van der Waals surface area contributed by atoms with Crippen molar-refractivity contribution in [3.05, 3.63) is 24.0 Å². The van der Waals surface area contributed by atoms with Crippen molar-refractivity contribution in [3.63, 3.8) is 0 Å². The third kappa shape index (κ3) is 3.26. The Morgan fingerprint density at radius 3 is 2.56 bits per heavy atom. The van der Waals surface area contributed by atoms with Gasteiger partial charge < -0.3 is 0 Å². The first-order valence-electron chi connectivity index (χ1n) is 6.10. The van der Waals surface area contributed by atoms with E-state index in [2.05, 4.69) is 30.7 Å². The molecule has 3 heteroatoms. The van der Waals surface area contributed by atoms with E-state index in [1.165, 1.54) is 31.7 Å². The number of rotatable bonds is 6. The van der Waals surface area contributed by atoms with E-state index in [4.69, 9.17) is 0 Å². The van der Waals surface area contributed by atoms with Gasteiger partial charge in [-0.2, -0.15) is 4.39 Å². The summed E-state index contributed by atoms with van der Waals surface area (Å²) in [4.78, 5) is 7.72. The third-order valence-electron chi connectivity index (χ3n) is 3.36. The lowest BCUT2D eigenvalue weighted by Gasteiger charge is -2.27. The molecule has 0 spiro atoms. The molecule has 0 saturated carbocycles. The molecule has 0 aliphatic rings. The van der Waals surface area contributed by atoms with Gasteiger partial charge in [-0.05, 0) is 12.8 Å². The topological polar surface area (TPSA) is 25.8 Å². The molecule has 1 aromatic rings. The van der Waals surface area contributed by atoms with Gasteiger partial charge >= 0.3 is 0 Å². The largest absolute Gasteiger partial charge is 0.241 e. The SMILES string of the molecule is CCCCCC(C)(CC)c1cc(F)ncn1. The first-order valence-corrected chi connectivity index (χ1v) is 6.10. The molecule has 1 unspecified atom stereocenters. The Labute approximate surface area is 97.3 Å². The van der Waals surface area contributed by atoms with Crippen molar-refractivity contribution in [2.24, 2.45) is 0 Å². The van der Waals surface area contributed by atoms with Gasteiger partial charge in [0.1, 0.15) is 6.33 Å². The first kappa shape index (κ1) is 13.1. The van der Waals surface area contributed by atoms with Gasteiger partial charge in [0.2, 0.25) is 5.95 Å². The minimum absolute atomic E-state index is 0.0149. The molecule has 0 aliphatic heterocycles. The minimum Gasteiger partial charge on any atom is -0.241 e. The normalized spacial score (nSPS) is 14.8. The Bertz CT molecular complexity index is 327. The van der Waals surface area contributed by atoms with Crippen LogP contribution in [0.1, 0.15) is 58.6 Å². The van der Waals surface area contributed by atoms with E-state index < -0.39 is 5.95 Å². The molecule has 1 rings (SSSR count). The molecule has 90 valence electrons. The summed E-state index contributed by atoms with van der Waals surface area (Å²) in [5.74, 6) is -0.430. The number of halogens is 1. The molecule has 1 aromatic heterocycles.